The summed E-state index contributed by atoms with van der Waals surface area (Å²) < 4.78 is 0. The molecule has 0 aliphatic heterocycles. The zero-order valence-electron chi connectivity index (χ0n) is 7.05. The fourth-order valence-electron chi connectivity index (χ4n) is 0.848. The molecular formula is C8H16NO. The van der Waals surface area contributed by atoms with Crippen molar-refractivity contribution in [2.75, 3.05) is 13.1 Å². The summed E-state index contributed by atoms with van der Waals surface area (Å²) in [6.45, 7) is 11.1. The Balaban J connectivity index is 3.72. The average Bonchev–Trinajstić information content (AvgIpc) is 1.81. The van der Waals surface area contributed by atoms with E-state index >= 15 is 0 Å². The van der Waals surface area contributed by atoms with E-state index in [0.717, 1.165) is 13.1 Å². The van der Waals surface area contributed by atoms with Crippen molar-refractivity contribution in [2.45, 2.75) is 20.8 Å². The van der Waals surface area contributed by atoms with E-state index in [-0.39, 0.29) is 5.91 Å². The summed E-state index contributed by atoms with van der Waals surface area (Å²) in [6, 6.07) is 0. The maximum absolute atomic E-state index is 10.7. The third-order valence-corrected chi connectivity index (χ3v) is 1.32. The lowest BCUT2D eigenvalue weighted by atomic mass is 10.2. The highest BCUT2D eigenvalue weighted by Gasteiger charge is 2.06. The standard InChI is InChI=1S/C8H16NO/c1-5-9(8(4)10)6-7(2)3/h7H,4-6H2,1-3H3. The highest BCUT2D eigenvalue weighted by Crippen LogP contribution is 1.97. The van der Waals surface area contributed by atoms with Gasteiger partial charge >= 0.3 is 0 Å². The Kier molecular flexibility index (Phi) is 4.08. The third-order valence-electron chi connectivity index (χ3n) is 1.32. The molecule has 0 fully saturated rings. The molecule has 10 heavy (non-hydrogen) atoms. The van der Waals surface area contributed by atoms with Crippen molar-refractivity contribution in [3.63, 3.8) is 0 Å². The van der Waals surface area contributed by atoms with Crippen molar-refractivity contribution in [3.8, 4) is 0 Å². The molecule has 0 bridgehead atoms. The minimum atomic E-state index is -0.0730. The first-order chi connectivity index (χ1) is 4.57. The van der Waals surface area contributed by atoms with Crippen LogP contribution in [0.1, 0.15) is 20.8 Å². The molecule has 0 aromatic carbocycles. The van der Waals surface area contributed by atoms with Gasteiger partial charge in [-0.25, -0.2) is 0 Å². The van der Waals surface area contributed by atoms with Gasteiger partial charge in [-0.15, -0.1) is 0 Å². The molecule has 0 aliphatic rings. The molecular weight excluding hydrogens is 126 g/mol. The number of hydrogen-bond acceptors (Lipinski definition) is 1. The van der Waals surface area contributed by atoms with Crippen molar-refractivity contribution < 1.29 is 4.79 Å². The van der Waals surface area contributed by atoms with Crippen LogP contribution < -0.4 is 0 Å². The second-order valence-corrected chi connectivity index (χ2v) is 2.83. The summed E-state index contributed by atoms with van der Waals surface area (Å²) in [5.41, 5.74) is 0. The topological polar surface area (TPSA) is 20.3 Å². The van der Waals surface area contributed by atoms with Gasteiger partial charge in [0, 0.05) is 20.0 Å². The van der Waals surface area contributed by atoms with Crippen LogP contribution in [0.3, 0.4) is 0 Å². The average molecular weight is 142 g/mol. The molecule has 1 radical (unpaired) electrons. The molecule has 0 aliphatic carbocycles. The number of amides is 1. The van der Waals surface area contributed by atoms with Crippen LogP contribution in [0.2, 0.25) is 0 Å². The van der Waals surface area contributed by atoms with Crippen LogP contribution in [0, 0.1) is 12.8 Å². The molecule has 1 amide bonds. The van der Waals surface area contributed by atoms with E-state index in [1.807, 2.05) is 6.92 Å². The van der Waals surface area contributed by atoms with Crippen molar-refractivity contribution >= 4 is 5.91 Å². The monoisotopic (exact) mass is 142 g/mol. The van der Waals surface area contributed by atoms with Gasteiger partial charge in [-0.2, -0.15) is 0 Å². The largest absolute Gasteiger partial charge is 0.343 e. The predicted octanol–water partition coefficient (Wildman–Crippen LogP) is 1.32. The van der Waals surface area contributed by atoms with Crippen LogP contribution >= 0.6 is 0 Å². The molecule has 0 saturated heterocycles. The highest BCUT2D eigenvalue weighted by molar-refractivity contribution is 5.80. The van der Waals surface area contributed by atoms with Gasteiger partial charge in [0.15, 0.2) is 0 Å². The van der Waals surface area contributed by atoms with Crippen molar-refractivity contribution in [1.29, 1.82) is 0 Å². The van der Waals surface area contributed by atoms with Crippen LogP contribution in [0.4, 0.5) is 0 Å². The molecule has 0 N–H and O–H groups in total. The number of hydrogen-bond donors (Lipinski definition) is 0. The van der Waals surface area contributed by atoms with E-state index < -0.39 is 0 Å². The van der Waals surface area contributed by atoms with Crippen molar-refractivity contribution in [3.05, 3.63) is 6.92 Å². The lowest BCUT2D eigenvalue weighted by Gasteiger charge is -2.20. The van der Waals surface area contributed by atoms with Gasteiger partial charge in [-0.1, -0.05) is 13.8 Å². The Hall–Kier alpha value is -0.530. The summed E-state index contributed by atoms with van der Waals surface area (Å²) in [7, 11) is 0. The molecule has 0 rings (SSSR count). The maximum atomic E-state index is 10.7. The zero-order valence-corrected chi connectivity index (χ0v) is 7.05. The van der Waals surface area contributed by atoms with E-state index in [2.05, 4.69) is 20.8 Å². The Labute approximate surface area is 63.2 Å². The van der Waals surface area contributed by atoms with Crippen LogP contribution in [0.15, 0.2) is 0 Å². The lowest BCUT2D eigenvalue weighted by Crippen LogP contribution is -2.31. The van der Waals surface area contributed by atoms with Gasteiger partial charge in [0.2, 0.25) is 5.91 Å². The van der Waals surface area contributed by atoms with Gasteiger partial charge in [0.05, 0.1) is 0 Å². The number of carbonyl (C=O) groups is 1. The third kappa shape index (κ3) is 3.49. The van der Waals surface area contributed by atoms with Gasteiger partial charge in [0.1, 0.15) is 0 Å². The minimum absolute atomic E-state index is 0.0730. The summed E-state index contributed by atoms with van der Waals surface area (Å²) in [5.74, 6) is 0.460. The molecule has 0 unspecified atom stereocenters. The smallest absolute Gasteiger partial charge is 0.223 e. The van der Waals surface area contributed by atoms with E-state index in [1.54, 1.807) is 4.90 Å². The van der Waals surface area contributed by atoms with Gasteiger partial charge in [-0.05, 0) is 12.8 Å². The van der Waals surface area contributed by atoms with E-state index in [1.165, 1.54) is 0 Å². The number of rotatable bonds is 3. The molecule has 0 saturated carbocycles. The van der Waals surface area contributed by atoms with Gasteiger partial charge < -0.3 is 4.90 Å². The number of nitrogens with zero attached hydrogens (tertiary/aromatic N) is 1. The fraction of sp³-hybridized carbons (Fsp3) is 0.750. The van der Waals surface area contributed by atoms with Crippen molar-refractivity contribution in [2.24, 2.45) is 5.92 Å². The Bertz CT molecular complexity index is 110. The second kappa shape index (κ2) is 4.31. The molecule has 59 valence electrons. The molecule has 0 aromatic rings. The molecule has 0 aromatic heterocycles. The van der Waals surface area contributed by atoms with E-state index in [4.69, 9.17) is 0 Å². The zero-order chi connectivity index (χ0) is 8.15. The summed E-state index contributed by atoms with van der Waals surface area (Å²) >= 11 is 0. The molecule has 0 atom stereocenters. The number of carbonyl (C=O) groups excluding carboxylic acids is 1. The molecule has 2 nitrogen and oxygen atoms in total. The molecule has 0 heterocycles. The SMILES string of the molecule is [CH2]C(=O)N(CC)CC(C)C. The first-order valence-corrected chi connectivity index (χ1v) is 3.68. The quantitative estimate of drug-likeness (QED) is 0.582. The lowest BCUT2D eigenvalue weighted by molar-refractivity contribution is -0.126. The van der Waals surface area contributed by atoms with Gasteiger partial charge in [0.25, 0.3) is 0 Å². The van der Waals surface area contributed by atoms with Crippen LogP contribution in [0.5, 0.6) is 0 Å². The van der Waals surface area contributed by atoms with E-state index in [0.29, 0.717) is 5.92 Å². The Morgan fingerprint density at radius 1 is 1.60 bits per heavy atom. The highest BCUT2D eigenvalue weighted by atomic mass is 16.2. The van der Waals surface area contributed by atoms with Crippen LogP contribution in [0.25, 0.3) is 0 Å². The summed E-state index contributed by atoms with van der Waals surface area (Å²) in [6.07, 6.45) is 0. The maximum Gasteiger partial charge on any atom is 0.223 e. The normalized spacial score (nSPS) is 10.1. The van der Waals surface area contributed by atoms with Crippen molar-refractivity contribution in [1.82, 2.24) is 4.90 Å². The van der Waals surface area contributed by atoms with Gasteiger partial charge in [-0.3, -0.25) is 4.79 Å². The predicted molar refractivity (Wildman–Crippen MR) is 42.4 cm³/mol. The van der Waals surface area contributed by atoms with Crippen LogP contribution in [-0.4, -0.2) is 23.9 Å². The summed E-state index contributed by atoms with van der Waals surface area (Å²) in [4.78, 5) is 12.5. The Morgan fingerprint density at radius 2 is 2.10 bits per heavy atom. The minimum Gasteiger partial charge on any atom is -0.343 e. The molecule has 0 spiro atoms. The Morgan fingerprint density at radius 3 is 2.20 bits per heavy atom. The first kappa shape index (κ1) is 9.47. The fourth-order valence-corrected chi connectivity index (χ4v) is 0.848. The summed E-state index contributed by atoms with van der Waals surface area (Å²) in [5, 5.41) is 0. The van der Waals surface area contributed by atoms with E-state index in [9.17, 15) is 4.79 Å². The second-order valence-electron chi connectivity index (χ2n) is 2.83. The van der Waals surface area contributed by atoms with Crippen LogP contribution in [-0.2, 0) is 4.79 Å². The first-order valence-electron chi connectivity index (χ1n) is 3.68. The molecule has 2 heteroatoms.